The average Bonchev–Trinajstić information content (AvgIpc) is 3.84. The maximum atomic E-state index is 12.5. The van der Waals surface area contributed by atoms with Gasteiger partial charge in [0.25, 0.3) is 0 Å². The van der Waals surface area contributed by atoms with Crippen molar-refractivity contribution in [3.8, 4) is 28.4 Å². The number of phenols is 2. The molecule has 0 aliphatic heterocycles. The fourth-order valence-corrected chi connectivity index (χ4v) is 9.38. The van der Waals surface area contributed by atoms with Gasteiger partial charge in [-0.15, -0.1) is 0 Å². The molecule has 2 heterocycles. The summed E-state index contributed by atoms with van der Waals surface area (Å²) in [6.07, 6.45) is 4.92. The molecule has 69 heavy (non-hydrogen) atoms. The molecular weight excluding hydrogens is 1040 g/mol. The molecule has 12 heteroatoms. The van der Waals surface area contributed by atoms with Crippen molar-refractivity contribution in [3.63, 3.8) is 0 Å². The minimum Gasteiger partial charge on any atom is -0.508 e. The van der Waals surface area contributed by atoms with Crippen LogP contribution in [0.3, 0.4) is 0 Å². The highest BCUT2D eigenvalue weighted by atomic mass is 127. The van der Waals surface area contributed by atoms with Crippen molar-refractivity contribution in [2.45, 2.75) is 33.7 Å². The van der Waals surface area contributed by atoms with Crippen molar-refractivity contribution in [1.29, 1.82) is 0 Å². The minimum absolute atomic E-state index is 0.0757. The summed E-state index contributed by atoms with van der Waals surface area (Å²) in [4.78, 5) is 31.6. The number of aromatic hydroxyl groups is 2. The number of aryl methyl sites for hydroxylation is 2. The van der Waals surface area contributed by atoms with Crippen LogP contribution >= 0.6 is 38.5 Å². The van der Waals surface area contributed by atoms with Crippen LogP contribution in [0.5, 0.6) is 17.2 Å². The van der Waals surface area contributed by atoms with Crippen molar-refractivity contribution >= 4 is 95.8 Å². The third-order valence-corrected chi connectivity index (χ3v) is 12.9. The summed E-state index contributed by atoms with van der Waals surface area (Å²) < 4.78 is 15.2. The van der Waals surface area contributed by atoms with Crippen LogP contribution in [0, 0.1) is 17.4 Å². The Morgan fingerprint density at radius 3 is 2.23 bits per heavy atom. The Morgan fingerprint density at radius 2 is 1.55 bits per heavy atom. The van der Waals surface area contributed by atoms with Gasteiger partial charge in [0.15, 0.2) is 5.78 Å². The Kier molecular flexibility index (Phi) is 14.7. The molecule has 0 atom stereocenters. The van der Waals surface area contributed by atoms with Crippen LogP contribution in [0.15, 0.2) is 153 Å². The van der Waals surface area contributed by atoms with E-state index in [9.17, 15) is 14.7 Å². The fourth-order valence-electron chi connectivity index (χ4n) is 8.36. The zero-order chi connectivity index (χ0) is 48.9. The lowest BCUT2D eigenvalue weighted by molar-refractivity contribution is 0.101. The first-order chi connectivity index (χ1) is 33.1. The monoisotopic (exact) mass is 1090 g/mol. The average molecular weight is 1090 g/mol. The Balaban J connectivity index is 0.000000157. The number of phenolic OH excluding ortho intramolecular Hbond substituents is 2. The molecule has 0 saturated heterocycles. The standard InChI is InChI=1S/C27H22IN3O4.C15H14BrN.C15H14O2/c1-15-21-12-22-23(13-24(21)35-26(33)25(15)16(2)32)31(14-17-5-4-6-18(28)11-17)27(30-22)29-19-7-9-20(34-3)10-8-19;1-17(2)13-4-6-15-11(9-13)7-10-8-12(16)3-5-14(10)15;1-11-8-13(10-15(17)9-11)3-2-12-4-6-14(16)7-5-12/h4-13H,14H2,1-3H3,(H,29,30);3-6,8-9H,7H2,1-2H3;2-10,16-17H,1H3/b;;3-2+. The number of aromatic nitrogens is 2. The van der Waals surface area contributed by atoms with Gasteiger partial charge in [-0.2, -0.15) is 0 Å². The second kappa shape index (κ2) is 21.0. The first kappa shape index (κ1) is 48.3. The summed E-state index contributed by atoms with van der Waals surface area (Å²) >= 11 is 5.84. The quantitative estimate of drug-likeness (QED) is 0.0560. The maximum absolute atomic E-state index is 12.5. The van der Waals surface area contributed by atoms with Gasteiger partial charge in [0.1, 0.15) is 28.4 Å². The van der Waals surface area contributed by atoms with E-state index in [1.54, 1.807) is 38.3 Å². The number of ether oxygens (including phenoxy) is 1. The Bertz CT molecular complexity index is 3430. The summed E-state index contributed by atoms with van der Waals surface area (Å²) in [5.74, 6) is 1.63. The molecule has 10 rings (SSSR count). The van der Waals surface area contributed by atoms with Crippen molar-refractivity contribution in [3.05, 3.63) is 202 Å². The predicted molar refractivity (Wildman–Crippen MR) is 292 cm³/mol. The van der Waals surface area contributed by atoms with Gasteiger partial charge in [0.05, 0.1) is 24.7 Å². The topological polar surface area (TPSA) is 130 Å². The van der Waals surface area contributed by atoms with E-state index in [0.29, 0.717) is 29.0 Å². The Morgan fingerprint density at radius 1 is 0.841 bits per heavy atom. The molecule has 0 fully saturated rings. The van der Waals surface area contributed by atoms with E-state index in [4.69, 9.17) is 19.2 Å². The molecule has 10 nitrogen and oxygen atoms in total. The third-order valence-electron chi connectivity index (χ3n) is 11.8. The number of hydrogen-bond donors (Lipinski definition) is 3. The molecule has 0 radical (unpaired) electrons. The van der Waals surface area contributed by atoms with Crippen LogP contribution in [-0.4, -0.2) is 46.8 Å². The SMILES string of the molecule is CN(C)c1ccc2c(c1)Cc1cc(Br)ccc1-2.COc1ccc(Nc2nc3cc4c(C)c(C(C)=O)c(=O)oc4cc3n2Cc2cccc(I)c2)cc1.Cc1cc(O)cc(/C=C/c2ccc(O)cc2)c1. The van der Waals surface area contributed by atoms with Crippen molar-refractivity contribution in [2.75, 3.05) is 31.4 Å². The van der Waals surface area contributed by atoms with E-state index in [1.165, 1.54) is 34.9 Å². The highest BCUT2D eigenvalue weighted by Gasteiger charge is 2.21. The first-order valence-electron chi connectivity index (χ1n) is 22.1. The summed E-state index contributed by atoms with van der Waals surface area (Å²) in [6, 6.07) is 45.2. The smallest absolute Gasteiger partial charge is 0.347 e. The number of ketones is 1. The number of fused-ring (bicyclic) bond motifs is 5. The molecule has 1 aliphatic carbocycles. The molecule has 1 aliphatic rings. The van der Waals surface area contributed by atoms with E-state index < -0.39 is 5.63 Å². The van der Waals surface area contributed by atoms with E-state index >= 15 is 0 Å². The van der Waals surface area contributed by atoms with Gasteiger partial charge < -0.3 is 34.2 Å². The molecule has 3 N–H and O–H groups in total. The van der Waals surface area contributed by atoms with E-state index in [1.807, 2.05) is 85.8 Å². The van der Waals surface area contributed by atoms with Gasteiger partial charge in [0, 0.05) is 45.0 Å². The number of halogens is 2. The summed E-state index contributed by atoms with van der Waals surface area (Å²) in [6.45, 7) is 5.64. The highest BCUT2D eigenvalue weighted by Crippen LogP contribution is 2.39. The molecule has 0 amide bonds. The number of anilines is 3. The third kappa shape index (κ3) is 11.4. The Hall–Kier alpha value is -7.16. The van der Waals surface area contributed by atoms with E-state index in [-0.39, 0.29) is 22.8 Å². The predicted octanol–water partition coefficient (Wildman–Crippen LogP) is 13.7. The molecule has 0 unspecified atom stereocenters. The van der Waals surface area contributed by atoms with Crippen molar-refractivity contribution in [1.82, 2.24) is 9.55 Å². The molecule has 0 spiro atoms. The van der Waals surface area contributed by atoms with Gasteiger partial charge in [-0.25, -0.2) is 9.78 Å². The van der Waals surface area contributed by atoms with Crippen LogP contribution in [0.4, 0.5) is 17.3 Å². The molecule has 0 bridgehead atoms. The Labute approximate surface area is 422 Å². The number of carbonyl (C=O) groups excluding carboxylic acids is 1. The van der Waals surface area contributed by atoms with Gasteiger partial charge in [-0.3, -0.25) is 4.79 Å². The number of Topliss-reactive ketones (excluding diaryl/α,β-unsaturated/α-hetero) is 1. The lowest BCUT2D eigenvalue weighted by Gasteiger charge is -2.13. The molecule has 7 aromatic carbocycles. The first-order valence-corrected chi connectivity index (χ1v) is 24.0. The number of rotatable bonds is 9. The van der Waals surface area contributed by atoms with Crippen molar-refractivity contribution in [2.24, 2.45) is 0 Å². The second-order valence-electron chi connectivity index (χ2n) is 17.0. The van der Waals surface area contributed by atoms with E-state index in [2.05, 4.69) is 116 Å². The number of nitrogens with one attached hydrogen (secondary N) is 1. The number of imidazole rings is 1. The van der Waals surface area contributed by atoms with Gasteiger partial charge in [-0.1, -0.05) is 70.5 Å². The highest BCUT2D eigenvalue weighted by molar-refractivity contribution is 14.1. The van der Waals surface area contributed by atoms with Gasteiger partial charge in [-0.05, 0) is 191 Å². The lowest BCUT2D eigenvalue weighted by Crippen LogP contribution is -2.14. The molecule has 348 valence electrons. The lowest BCUT2D eigenvalue weighted by atomic mass is 10.0. The summed E-state index contributed by atoms with van der Waals surface area (Å²) in [5, 5.41) is 22.7. The fraction of sp³-hybridized carbons (Fsp3) is 0.140. The van der Waals surface area contributed by atoms with Crippen LogP contribution in [0.2, 0.25) is 0 Å². The molecular formula is C57H50BrIN4O6. The molecule has 2 aromatic heterocycles. The zero-order valence-corrected chi connectivity index (χ0v) is 42.7. The normalized spacial score (nSPS) is 11.4. The van der Waals surface area contributed by atoms with Crippen molar-refractivity contribution < 1.29 is 24.2 Å². The number of carbonyl (C=O) groups is 1. The summed E-state index contributed by atoms with van der Waals surface area (Å²) in [7, 11) is 5.80. The number of benzene rings is 7. The molecule has 0 saturated carbocycles. The zero-order valence-electron chi connectivity index (χ0n) is 39.0. The summed E-state index contributed by atoms with van der Waals surface area (Å²) in [5.41, 5.74) is 13.9. The van der Waals surface area contributed by atoms with Crippen LogP contribution < -0.4 is 20.6 Å². The van der Waals surface area contributed by atoms with Crippen LogP contribution in [0.1, 0.15) is 56.2 Å². The van der Waals surface area contributed by atoms with Gasteiger partial charge >= 0.3 is 5.63 Å². The second-order valence-corrected chi connectivity index (χ2v) is 19.2. The maximum Gasteiger partial charge on any atom is 0.347 e. The number of methoxy groups -OCH3 is 1. The van der Waals surface area contributed by atoms with Crippen LogP contribution in [0.25, 0.3) is 45.3 Å². The number of nitrogens with zero attached hydrogens (tertiary/aromatic N) is 3. The number of hydrogen-bond acceptors (Lipinski definition) is 9. The largest absolute Gasteiger partial charge is 0.508 e. The van der Waals surface area contributed by atoms with Crippen LogP contribution in [-0.2, 0) is 13.0 Å². The molecule has 9 aromatic rings. The van der Waals surface area contributed by atoms with E-state index in [0.717, 1.165) is 59.2 Å². The van der Waals surface area contributed by atoms with Gasteiger partial charge in [0.2, 0.25) is 5.95 Å². The minimum atomic E-state index is -0.623.